The van der Waals surface area contributed by atoms with Crippen LogP contribution in [-0.4, -0.2) is 12.6 Å². The average Bonchev–Trinajstić information content (AvgIpc) is 2.01. The van der Waals surface area contributed by atoms with E-state index in [1.54, 1.807) is 0 Å². The fourth-order valence-corrected chi connectivity index (χ4v) is 1.44. The van der Waals surface area contributed by atoms with Crippen molar-refractivity contribution in [2.24, 2.45) is 0 Å². The van der Waals surface area contributed by atoms with E-state index in [1.165, 1.54) is 0 Å². The molecule has 0 aliphatic rings. The fraction of sp³-hybridized carbons (Fsp3) is 0.455. The molecular weight excluding hydrogens is 178 g/mol. The van der Waals surface area contributed by atoms with Crippen LogP contribution in [-0.2, 0) is 16.1 Å². The fourth-order valence-electron chi connectivity index (χ4n) is 1.44. The first-order chi connectivity index (χ1) is 6.61. The second kappa shape index (κ2) is 4.74. The summed E-state index contributed by atoms with van der Waals surface area (Å²) < 4.78 is 6.72. The predicted octanol–water partition coefficient (Wildman–Crippen LogP) is 1.15. The van der Waals surface area contributed by atoms with E-state index in [2.05, 4.69) is 6.07 Å². The van der Waals surface area contributed by atoms with Crippen LogP contribution in [0.15, 0.2) is 18.5 Å². The van der Waals surface area contributed by atoms with Crippen molar-refractivity contribution in [3.05, 3.63) is 29.6 Å². The molecule has 0 atom stereocenters. The van der Waals surface area contributed by atoms with Gasteiger partial charge < -0.3 is 4.74 Å². The summed E-state index contributed by atoms with van der Waals surface area (Å²) in [6.45, 7) is 6.55. The topological polar surface area (TPSA) is 30.2 Å². The number of carbonyl (C=O) groups excluding carboxylic acids is 1. The van der Waals surface area contributed by atoms with Crippen molar-refractivity contribution in [1.29, 1.82) is 0 Å². The van der Waals surface area contributed by atoms with Crippen LogP contribution >= 0.6 is 0 Å². The summed E-state index contributed by atoms with van der Waals surface area (Å²) in [5.74, 6) is -0.192. The maximum absolute atomic E-state index is 11.2. The third kappa shape index (κ3) is 3.17. The molecule has 0 saturated heterocycles. The van der Waals surface area contributed by atoms with Gasteiger partial charge in [-0.05, 0) is 26.8 Å². The van der Waals surface area contributed by atoms with Gasteiger partial charge in [-0.1, -0.05) is 0 Å². The van der Waals surface area contributed by atoms with Gasteiger partial charge in [-0.15, -0.1) is 0 Å². The second-order valence-electron chi connectivity index (χ2n) is 3.37. The minimum Gasteiger partial charge on any atom is -0.461 e. The van der Waals surface area contributed by atoms with Gasteiger partial charge in [0.1, 0.15) is 0 Å². The smallest absolute Gasteiger partial charge is 0.372 e. The van der Waals surface area contributed by atoms with E-state index in [0.717, 1.165) is 11.1 Å². The van der Waals surface area contributed by atoms with Crippen molar-refractivity contribution in [2.75, 3.05) is 6.61 Å². The Hall–Kier alpha value is -1.38. The minimum atomic E-state index is -0.192. The van der Waals surface area contributed by atoms with Gasteiger partial charge in [0, 0.05) is 11.1 Å². The van der Waals surface area contributed by atoms with Gasteiger partial charge in [0.25, 0.3) is 0 Å². The predicted molar refractivity (Wildman–Crippen MR) is 52.7 cm³/mol. The summed E-state index contributed by atoms with van der Waals surface area (Å²) >= 11 is 0. The summed E-state index contributed by atoms with van der Waals surface area (Å²) in [6.07, 6.45) is 3.87. The molecule has 0 aliphatic carbocycles. The van der Waals surface area contributed by atoms with Gasteiger partial charge in [-0.25, -0.2) is 4.79 Å². The van der Waals surface area contributed by atoms with Gasteiger partial charge in [-0.2, -0.15) is 4.57 Å². The molecule has 0 saturated carbocycles. The monoisotopic (exact) mass is 194 g/mol. The van der Waals surface area contributed by atoms with E-state index in [1.807, 2.05) is 37.7 Å². The Kier molecular flexibility index (Phi) is 3.63. The van der Waals surface area contributed by atoms with E-state index in [4.69, 9.17) is 4.74 Å². The van der Waals surface area contributed by atoms with Crippen molar-refractivity contribution in [3.8, 4) is 0 Å². The molecule has 1 rings (SSSR count). The molecule has 0 fully saturated rings. The Morgan fingerprint density at radius 1 is 1.36 bits per heavy atom. The zero-order chi connectivity index (χ0) is 10.6. The van der Waals surface area contributed by atoms with Crippen molar-refractivity contribution in [1.82, 2.24) is 0 Å². The van der Waals surface area contributed by atoms with Crippen molar-refractivity contribution in [3.63, 3.8) is 0 Å². The molecule has 1 aromatic rings. The minimum absolute atomic E-state index is 0.192. The van der Waals surface area contributed by atoms with E-state index in [0.29, 0.717) is 6.61 Å². The summed E-state index contributed by atoms with van der Waals surface area (Å²) in [6, 6.07) is 2.07. The molecule has 0 N–H and O–H groups in total. The Bertz CT molecular complexity index is 314. The molecule has 0 aromatic carbocycles. The van der Waals surface area contributed by atoms with Gasteiger partial charge in [0.05, 0.1) is 6.61 Å². The van der Waals surface area contributed by atoms with Crippen LogP contribution in [0.2, 0.25) is 0 Å². The SMILES string of the molecule is CCOC(=O)C[n+]1cc(C)cc(C)c1. The molecule has 1 aromatic heterocycles. The lowest BCUT2D eigenvalue weighted by Crippen LogP contribution is -2.38. The van der Waals surface area contributed by atoms with Crippen LogP contribution in [0.5, 0.6) is 0 Å². The van der Waals surface area contributed by atoms with E-state index in [-0.39, 0.29) is 12.5 Å². The highest BCUT2D eigenvalue weighted by atomic mass is 16.5. The molecule has 0 radical (unpaired) electrons. The first-order valence-electron chi connectivity index (χ1n) is 4.74. The number of pyridine rings is 1. The van der Waals surface area contributed by atoms with Gasteiger partial charge in [0.15, 0.2) is 12.4 Å². The maximum Gasteiger partial charge on any atom is 0.372 e. The summed E-state index contributed by atoms with van der Waals surface area (Å²) in [5.41, 5.74) is 2.29. The Morgan fingerprint density at radius 2 is 1.93 bits per heavy atom. The van der Waals surface area contributed by atoms with E-state index >= 15 is 0 Å². The maximum atomic E-state index is 11.2. The molecule has 0 amide bonds. The number of hydrogen-bond donors (Lipinski definition) is 0. The highest BCUT2D eigenvalue weighted by molar-refractivity contribution is 5.67. The second-order valence-corrected chi connectivity index (χ2v) is 3.37. The number of nitrogens with zero attached hydrogens (tertiary/aromatic N) is 1. The Balaban J connectivity index is 2.71. The number of ether oxygens (including phenoxy) is 1. The van der Waals surface area contributed by atoms with Crippen LogP contribution < -0.4 is 4.57 Å². The molecule has 3 heteroatoms. The third-order valence-corrected chi connectivity index (χ3v) is 1.81. The number of carbonyl (C=O) groups is 1. The van der Waals surface area contributed by atoms with E-state index in [9.17, 15) is 4.79 Å². The molecule has 3 nitrogen and oxygen atoms in total. The largest absolute Gasteiger partial charge is 0.461 e. The lowest BCUT2D eigenvalue weighted by atomic mass is 10.2. The first kappa shape index (κ1) is 10.7. The van der Waals surface area contributed by atoms with Crippen LogP contribution in [0.3, 0.4) is 0 Å². The van der Waals surface area contributed by atoms with Crippen molar-refractivity contribution >= 4 is 5.97 Å². The highest BCUT2D eigenvalue weighted by Crippen LogP contribution is 1.97. The zero-order valence-electron chi connectivity index (χ0n) is 8.91. The molecule has 76 valence electrons. The highest BCUT2D eigenvalue weighted by Gasteiger charge is 2.10. The zero-order valence-corrected chi connectivity index (χ0v) is 8.91. The molecule has 0 unspecified atom stereocenters. The molecule has 0 spiro atoms. The molecule has 1 heterocycles. The van der Waals surface area contributed by atoms with Crippen LogP contribution in [0, 0.1) is 13.8 Å². The normalized spacial score (nSPS) is 9.93. The Morgan fingerprint density at radius 3 is 2.43 bits per heavy atom. The summed E-state index contributed by atoms with van der Waals surface area (Å²) in [7, 11) is 0. The standard InChI is InChI=1S/C11H16NO2/c1-4-14-11(13)8-12-6-9(2)5-10(3)7-12/h5-7H,4,8H2,1-3H3/q+1. The van der Waals surface area contributed by atoms with Gasteiger partial charge in [0.2, 0.25) is 6.54 Å². The van der Waals surface area contributed by atoms with Gasteiger partial charge >= 0.3 is 5.97 Å². The first-order valence-corrected chi connectivity index (χ1v) is 4.74. The quantitative estimate of drug-likeness (QED) is 0.534. The number of rotatable bonds is 3. The van der Waals surface area contributed by atoms with Crippen LogP contribution in [0.4, 0.5) is 0 Å². The summed E-state index contributed by atoms with van der Waals surface area (Å²) in [5, 5.41) is 0. The third-order valence-electron chi connectivity index (χ3n) is 1.81. The van der Waals surface area contributed by atoms with Crippen molar-refractivity contribution < 1.29 is 14.1 Å². The number of esters is 1. The molecule has 0 bridgehead atoms. The van der Waals surface area contributed by atoms with Gasteiger partial charge in [-0.3, -0.25) is 0 Å². The lowest BCUT2D eigenvalue weighted by molar-refractivity contribution is -0.686. The number of aromatic nitrogens is 1. The lowest BCUT2D eigenvalue weighted by Gasteiger charge is -2.00. The summed E-state index contributed by atoms with van der Waals surface area (Å²) in [4.78, 5) is 11.2. The average molecular weight is 194 g/mol. The molecular formula is C11H16NO2+. The van der Waals surface area contributed by atoms with Crippen molar-refractivity contribution in [2.45, 2.75) is 27.3 Å². The van der Waals surface area contributed by atoms with E-state index < -0.39 is 0 Å². The number of aryl methyl sites for hydroxylation is 2. The molecule has 14 heavy (non-hydrogen) atoms. The Labute approximate surface area is 84.3 Å². The molecule has 0 aliphatic heterocycles. The number of hydrogen-bond acceptors (Lipinski definition) is 2. The van der Waals surface area contributed by atoms with Crippen LogP contribution in [0.25, 0.3) is 0 Å². The van der Waals surface area contributed by atoms with Crippen LogP contribution in [0.1, 0.15) is 18.1 Å².